The van der Waals surface area contributed by atoms with Gasteiger partial charge in [-0.15, -0.1) is 0 Å². The van der Waals surface area contributed by atoms with Gasteiger partial charge in [-0.3, -0.25) is 0 Å². The summed E-state index contributed by atoms with van der Waals surface area (Å²) in [5.41, 5.74) is 1.17. The zero-order valence-electron chi connectivity index (χ0n) is 18.2. The third-order valence-electron chi connectivity index (χ3n) is 5.03. The van der Waals surface area contributed by atoms with E-state index in [4.69, 9.17) is 4.74 Å². The van der Waals surface area contributed by atoms with Crippen molar-refractivity contribution < 1.29 is 24.5 Å². The first-order chi connectivity index (χ1) is 14.0. The van der Waals surface area contributed by atoms with E-state index in [0.717, 1.165) is 32.2 Å². The van der Waals surface area contributed by atoms with E-state index in [1.54, 1.807) is 24.1 Å². The van der Waals surface area contributed by atoms with Crippen LogP contribution in [0, 0.1) is 0 Å². The van der Waals surface area contributed by atoms with Crippen LogP contribution in [0.1, 0.15) is 58.1 Å². The van der Waals surface area contributed by atoms with Gasteiger partial charge < -0.3 is 20.6 Å². The van der Waals surface area contributed by atoms with Crippen molar-refractivity contribution in [2.24, 2.45) is 4.40 Å². The Morgan fingerprint density at radius 1 is 1.03 bits per heavy atom. The molecule has 1 atom stereocenters. The smallest absolute Gasteiger partial charge is 0.270 e. The van der Waals surface area contributed by atoms with E-state index in [0.29, 0.717) is 17.4 Å². The van der Waals surface area contributed by atoms with Crippen LogP contribution in [0.5, 0.6) is 11.5 Å². The van der Waals surface area contributed by atoms with E-state index >= 15 is 0 Å². The second kappa shape index (κ2) is 13.4. The summed E-state index contributed by atoms with van der Waals surface area (Å²) in [5, 5.41) is 0. The number of fused-ring (bicyclic) bond motifs is 1. The molecule has 2 aromatic rings. The molecule has 0 aromatic heterocycles. The van der Waals surface area contributed by atoms with Gasteiger partial charge in [0.25, 0.3) is 5.92 Å². The van der Waals surface area contributed by atoms with Crippen molar-refractivity contribution in [3.8, 4) is 11.5 Å². The minimum atomic E-state index is -2.88. The number of nitrogens with zero attached hydrogens (tertiary/aromatic N) is 2. The Morgan fingerprint density at radius 2 is 1.72 bits per heavy atom. The Kier molecular flexibility index (Phi) is 12.5. The summed E-state index contributed by atoms with van der Waals surface area (Å²) in [5.74, 6) is 0.738. The molecule has 180 valence electrons. The predicted octanol–water partition coefficient (Wildman–Crippen LogP) is 5.84. The second-order valence-electron chi connectivity index (χ2n) is 7.05. The fraction of sp³-hybridized carbons (Fsp3) is 0.458. The molecule has 4 N–H and O–H groups in total. The highest BCUT2D eigenvalue weighted by Crippen LogP contribution is 2.35. The summed E-state index contributed by atoms with van der Waals surface area (Å²) < 4.78 is 37.5. The Bertz CT molecular complexity index is 842. The van der Waals surface area contributed by atoms with Crippen molar-refractivity contribution in [2.45, 2.75) is 52.9 Å². The molecular weight excluding hydrogens is 434 g/mol. The maximum atomic E-state index is 13.5. The number of benzene rings is 2. The topological polar surface area (TPSA) is 87.8 Å². The van der Waals surface area contributed by atoms with Crippen LogP contribution in [-0.4, -0.2) is 40.5 Å². The van der Waals surface area contributed by atoms with Gasteiger partial charge in [0, 0.05) is 37.2 Å². The van der Waals surface area contributed by atoms with E-state index in [1.807, 2.05) is 26.0 Å². The summed E-state index contributed by atoms with van der Waals surface area (Å²) in [6.45, 7) is 7.05. The van der Waals surface area contributed by atoms with Gasteiger partial charge in [-0.25, -0.2) is 13.2 Å². The summed E-state index contributed by atoms with van der Waals surface area (Å²) in [4.78, 5) is 2.39. The van der Waals surface area contributed by atoms with Gasteiger partial charge in [0.1, 0.15) is 17.3 Å². The summed E-state index contributed by atoms with van der Waals surface area (Å²) >= 11 is 1.65. The monoisotopic (exact) mass is 470 g/mol. The highest BCUT2D eigenvalue weighted by molar-refractivity contribution is 7.98. The first-order valence-electron chi connectivity index (χ1n) is 10.2. The Hall–Kier alpha value is -2.16. The number of halogens is 2. The third kappa shape index (κ3) is 7.18. The van der Waals surface area contributed by atoms with Crippen LogP contribution >= 0.6 is 11.9 Å². The van der Waals surface area contributed by atoms with Crippen LogP contribution in [0.3, 0.4) is 0 Å². The molecule has 0 radical (unpaired) electrons. The van der Waals surface area contributed by atoms with Gasteiger partial charge >= 0.3 is 0 Å². The molecule has 0 amide bonds. The molecule has 32 heavy (non-hydrogen) atoms. The third-order valence-corrected chi connectivity index (χ3v) is 5.71. The fourth-order valence-corrected chi connectivity index (χ4v) is 4.38. The molecule has 1 saturated heterocycles. The SMILES string of the molecule is C.CC.CC(F)(F)c1cccc(Oc2ccc(C3CCCN4CCSN=C34)cc2)c1.O.O. The lowest BCUT2D eigenvalue weighted by atomic mass is 9.89. The van der Waals surface area contributed by atoms with Crippen LogP contribution in [0.15, 0.2) is 52.9 Å². The van der Waals surface area contributed by atoms with Crippen molar-refractivity contribution in [3.05, 3.63) is 59.7 Å². The van der Waals surface area contributed by atoms with Gasteiger partial charge in [-0.1, -0.05) is 45.5 Å². The number of piperidine rings is 1. The highest BCUT2D eigenvalue weighted by atomic mass is 32.2. The fourth-order valence-electron chi connectivity index (χ4n) is 3.61. The predicted molar refractivity (Wildman–Crippen MR) is 131 cm³/mol. The van der Waals surface area contributed by atoms with Crippen LogP contribution in [0.4, 0.5) is 8.78 Å². The summed E-state index contributed by atoms with van der Waals surface area (Å²) in [6.07, 6.45) is 2.27. The van der Waals surface area contributed by atoms with Gasteiger partial charge in [0.05, 0.1) is 0 Å². The van der Waals surface area contributed by atoms with Crippen molar-refractivity contribution in [1.29, 1.82) is 0 Å². The maximum Gasteiger partial charge on any atom is 0.270 e. The molecule has 2 aliphatic rings. The molecule has 0 spiro atoms. The maximum absolute atomic E-state index is 13.5. The standard InChI is InChI=1S/C21H22F2N2OS.C2H6.CH4.2H2O/c1-21(22,23)16-4-2-5-18(14-16)26-17-9-7-15(8-10-17)19-6-3-11-25-12-13-27-24-20(19)25;1-2;;;/h2,4-5,7-10,14,19H,3,6,11-13H2,1H3;1-2H3;1H4;2*1H2. The quantitative estimate of drug-likeness (QED) is 0.526. The summed E-state index contributed by atoms with van der Waals surface area (Å²) in [6, 6.07) is 14.0. The number of hydrogen-bond donors (Lipinski definition) is 0. The largest absolute Gasteiger partial charge is 0.457 e. The van der Waals surface area contributed by atoms with Crippen molar-refractivity contribution in [3.63, 3.8) is 0 Å². The number of amidine groups is 1. The number of rotatable bonds is 4. The zero-order chi connectivity index (χ0) is 20.9. The van der Waals surface area contributed by atoms with Crippen LogP contribution in [0.25, 0.3) is 0 Å². The molecule has 0 aliphatic carbocycles. The molecule has 8 heteroatoms. The van der Waals surface area contributed by atoms with Crippen molar-refractivity contribution >= 4 is 17.8 Å². The molecule has 0 saturated carbocycles. The summed E-state index contributed by atoms with van der Waals surface area (Å²) in [7, 11) is 0. The number of alkyl halides is 2. The normalized spacial score (nSPS) is 17.1. The number of ether oxygens (including phenoxy) is 1. The molecule has 0 bridgehead atoms. The molecule has 4 rings (SSSR count). The Morgan fingerprint density at radius 3 is 2.38 bits per heavy atom. The van der Waals surface area contributed by atoms with Gasteiger partial charge in [-0.2, -0.15) is 0 Å². The highest BCUT2D eigenvalue weighted by Gasteiger charge is 2.29. The second-order valence-corrected chi connectivity index (χ2v) is 7.90. The molecule has 2 aromatic carbocycles. The van der Waals surface area contributed by atoms with Crippen LogP contribution < -0.4 is 4.74 Å². The molecular formula is C24H36F2N2O3S. The molecule has 1 fully saturated rings. The van der Waals surface area contributed by atoms with Crippen molar-refractivity contribution in [2.75, 3.05) is 18.8 Å². The molecule has 2 heterocycles. The van der Waals surface area contributed by atoms with E-state index in [9.17, 15) is 8.78 Å². The zero-order valence-corrected chi connectivity index (χ0v) is 19.0. The van der Waals surface area contributed by atoms with Crippen LogP contribution in [-0.2, 0) is 5.92 Å². The van der Waals surface area contributed by atoms with Crippen molar-refractivity contribution in [1.82, 2.24) is 4.90 Å². The Balaban J connectivity index is 0.00000187. The minimum absolute atomic E-state index is 0. The van der Waals surface area contributed by atoms with Gasteiger partial charge in [-0.05, 0) is 54.6 Å². The Labute approximate surface area is 194 Å². The molecule has 2 aliphatic heterocycles. The lowest BCUT2D eigenvalue weighted by Gasteiger charge is -2.37. The van der Waals surface area contributed by atoms with Gasteiger partial charge in [0.15, 0.2) is 0 Å². The van der Waals surface area contributed by atoms with E-state index in [2.05, 4.69) is 21.4 Å². The average Bonchev–Trinajstić information content (AvgIpc) is 2.75. The van der Waals surface area contributed by atoms with E-state index < -0.39 is 5.92 Å². The lowest BCUT2D eigenvalue weighted by molar-refractivity contribution is 0.0173. The van der Waals surface area contributed by atoms with Gasteiger partial charge in [0.2, 0.25) is 0 Å². The molecule has 5 nitrogen and oxygen atoms in total. The van der Waals surface area contributed by atoms with E-state index in [-0.39, 0.29) is 23.9 Å². The first-order valence-corrected chi connectivity index (χ1v) is 11.2. The molecule has 1 unspecified atom stereocenters. The lowest BCUT2D eigenvalue weighted by Crippen LogP contribution is -2.42. The van der Waals surface area contributed by atoms with E-state index in [1.165, 1.54) is 30.0 Å². The minimum Gasteiger partial charge on any atom is -0.457 e. The number of hydrogen-bond acceptors (Lipinski definition) is 4. The average molecular weight is 471 g/mol. The van der Waals surface area contributed by atoms with Crippen LogP contribution in [0.2, 0.25) is 0 Å². The first kappa shape index (κ1) is 29.8.